The second-order valence-electron chi connectivity index (χ2n) is 5.86. The third-order valence-electron chi connectivity index (χ3n) is 4.30. The van der Waals surface area contributed by atoms with Crippen molar-refractivity contribution in [3.8, 4) is 0 Å². The highest BCUT2D eigenvalue weighted by Gasteiger charge is 2.28. The predicted molar refractivity (Wildman–Crippen MR) is 82.0 cm³/mol. The molecule has 0 aliphatic carbocycles. The molecule has 1 amide bonds. The largest absolute Gasteiger partial charge is 0.447 e. The van der Waals surface area contributed by atoms with E-state index >= 15 is 0 Å². The zero-order chi connectivity index (χ0) is 15.8. The van der Waals surface area contributed by atoms with Crippen molar-refractivity contribution < 1.29 is 13.9 Å². The lowest BCUT2D eigenvalue weighted by molar-refractivity contribution is 0.181. The van der Waals surface area contributed by atoms with Crippen molar-refractivity contribution in [2.75, 3.05) is 24.6 Å². The highest BCUT2D eigenvalue weighted by Crippen LogP contribution is 2.31. The third kappa shape index (κ3) is 2.68. The van der Waals surface area contributed by atoms with Crippen LogP contribution in [0.5, 0.6) is 0 Å². The zero-order valence-corrected chi connectivity index (χ0v) is 13.0. The maximum Gasteiger partial charge on any atom is 0.414 e. The number of aromatic nitrogens is 2. The number of hydrogen-bond donors (Lipinski definition) is 0. The molecule has 0 bridgehead atoms. The van der Waals surface area contributed by atoms with Crippen molar-refractivity contribution in [2.45, 2.75) is 26.4 Å². The van der Waals surface area contributed by atoms with Gasteiger partial charge in [0.2, 0.25) is 11.8 Å². The second-order valence-corrected chi connectivity index (χ2v) is 5.86. The third-order valence-corrected chi connectivity index (χ3v) is 4.30. The quantitative estimate of drug-likeness (QED) is 0.861. The highest BCUT2D eigenvalue weighted by molar-refractivity contribution is 5.90. The fraction of sp³-hybridized carbons (Fsp3) is 0.438. The number of anilines is 1. The van der Waals surface area contributed by atoms with Gasteiger partial charge in [0.25, 0.3) is 0 Å². The molecule has 2 aliphatic rings. The molecule has 0 radical (unpaired) electrons. The van der Waals surface area contributed by atoms with E-state index in [4.69, 9.17) is 9.15 Å². The van der Waals surface area contributed by atoms with Crippen LogP contribution in [0.4, 0.5) is 10.5 Å². The van der Waals surface area contributed by atoms with E-state index in [1.54, 1.807) is 11.8 Å². The molecule has 2 aromatic rings. The Morgan fingerprint density at radius 3 is 2.91 bits per heavy atom. The van der Waals surface area contributed by atoms with Gasteiger partial charge in [0.1, 0.15) is 6.61 Å². The van der Waals surface area contributed by atoms with Gasteiger partial charge in [-0.2, -0.15) is 0 Å². The molecule has 0 atom stereocenters. The molecule has 0 N–H and O–H groups in total. The Labute approximate surface area is 133 Å². The first-order valence-electron chi connectivity index (χ1n) is 7.77. The number of amides is 1. The molecule has 4 rings (SSSR count). The van der Waals surface area contributed by atoms with Gasteiger partial charge >= 0.3 is 6.09 Å². The monoisotopic (exact) mass is 314 g/mol. The van der Waals surface area contributed by atoms with Gasteiger partial charge in [-0.05, 0) is 23.6 Å². The number of rotatable bonds is 3. The average molecular weight is 314 g/mol. The topological polar surface area (TPSA) is 71.7 Å². The molecule has 1 aromatic heterocycles. The lowest BCUT2D eigenvalue weighted by Crippen LogP contribution is -2.32. The van der Waals surface area contributed by atoms with Crippen LogP contribution in [-0.4, -0.2) is 40.9 Å². The number of nitrogens with zero attached hydrogens (tertiary/aromatic N) is 4. The molecule has 7 nitrogen and oxygen atoms in total. The number of carbonyl (C=O) groups is 1. The Bertz CT molecular complexity index is 743. The second kappa shape index (κ2) is 5.66. The van der Waals surface area contributed by atoms with Gasteiger partial charge in [0.15, 0.2) is 0 Å². The van der Waals surface area contributed by atoms with Crippen LogP contribution in [0.3, 0.4) is 0 Å². The first kappa shape index (κ1) is 14.2. The Balaban J connectivity index is 1.55. The van der Waals surface area contributed by atoms with E-state index in [1.807, 2.05) is 12.1 Å². The van der Waals surface area contributed by atoms with Gasteiger partial charge in [-0.3, -0.25) is 9.80 Å². The summed E-state index contributed by atoms with van der Waals surface area (Å²) in [5.41, 5.74) is 3.47. The molecule has 3 heterocycles. The zero-order valence-electron chi connectivity index (χ0n) is 13.0. The van der Waals surface area contributed by atoms with E-state index in [0.29, 0.717) is 31.5 Å². The minimum Gasteiger partial charge on any atom is -0.447 e. The average Bonchev–Trinajstić information content (AvgIpc) is 3.15. The molecular weight excluding hydrogens is 296 g/mol. The first-order valence-corrected chi connectivity index (χ1v) is 7.77. The van der Waals surface area contributed by atoms with E-state index < -0.39 is 0 Å². The number of ether oxygens (including phenoxy) is 1. The van der Waals surface area contributed by atoms with Crippen LogP contribution in [0.1, 0.15) is 22.9 Å². The highest BCUT2D eigenvalue weighted by atomic mass is 16.6. The van der Waals surface area contributed by atoms with Crippen molar-refractivity contribution in [3.05, 3.63) is 41.1 Å². The van der Waals surface area contributed by atoms with Crippen molar-refractivity contribution in [2.24, 2.45) is 0 Å². The number of fused-ring (bicyclic) bond motifs is 1. The van der Waals surface area contributed by atoms with Crippen LogP contribution < -0.4 is 4.90 Å². The summed E-state index contributed by atoms with van der Waals surface area (Å²) in [5, 5.41) is 7.93. The maximum atomic E-state index is 11.8. The summed E-state index contributed by atoms with van der Waals surface area (Å²) < 4.78 is 10.5. The molecule has 7 heteroatoms. The summed E-state index contributed by atoms with van der Waals surface area (Å²) in [5.74, 6) is 1.23. The fourth-order valence-electron chi connectivity index (χ4n) is 3.24. The lowest BCUT2D eigenvalue weighted by atomic mass is 9.97. The van der Waals surface area contributed by atoms with Crippen LogP contribution in [0, 0.1) is 6.92 Å². The van der Waals surface area contributed by atoms with Crippen LogP contribution in [0.25, 0.3) is 0 Å². The molecular formula is C16H18N4O3. The predicted octanol–water partition coefficient (Wildman–Crippen LogP) is 1.89. The Morgan fingerprint density at radius 1 is 1.26 bits per heavy atom. The van der Waals surface area contributed by atoms with E-state index in [-0.39, 0.29) is 6.09 Å². The maximum absolute atomic E-state index is 11.8. The SMILES string of the molecule is Cc1nnc(CN2CCc3c(cccc3N3CCOC3=O)C2)o1. The fourth-order valence-corrected chi connectivity index (χ4v) is 3.24. The van der Waals surface area contributed by atoms with Crippen molar-refractivity contribution >= 4 is 11.8 Å². The summed E-state index contributed by atoms with van der Waals surface area (Å²) in [7, 11) is 0. The molecule has 0 spiro atoms. The van der Waals surface area contributed by atoms with Gasteiger partial charge in [-0.15, -0.1) is 10.2 Å². The molecule has 0 unspecified atom stereocenters. The van der Waals surface area contributed by atoms with Crippen molar-refractivity contribution in [3.63, 3.8) is 0 Å². The summed E-state index contributed by atoms with van der Waals surface area (Å²) in [6.07, 6.45) is 0.643. The normalized spacial score (nSPS) is 18.1. The van der Waals surface area contributed by atoms with Gasteiger partial charge in [-0.25, -0.2) is 4.79 Å². The van der Waals surface area contributed by atoms with Crippen molar-refractivity contribution in [1.82, 2.24) is 15.1 Å². The van der Waals surface area contributed by atoms with Gasteiger partial charge in [0.05, 0.1) is 18.8 Å². The minimum absolute atomic E-state index is 0.248. The molecule has 120 valence electrons. The minimum atomic E-state index is -0.248. The first-order chi connectivity index (χ1) is 11.2. The molecule has 0 saturated carbocycles. The standard InChI is InChI=1S/C16H18N4O3/c1-11-17-18-15(23-11)10-19-6-5-13-12(9-19)3-2-4-14(13)20-7-8-22-16(20)21/h2-4H,5-10H2,1H3. The van der Waals surface area contributed by atoms with Crippen LogP contribution >= 0.6 is 0 Å². The molecule has 1 fully saturated rings. The van der Waals surface area contributed by atoms with Gasteiger partial charge in [0, 0.05) is 20.0 Å². The van der Waals surface area contributed by atoms with Gasteiger partial charge in [-0.1, -0.05) is 12.1 Å². The summed E-state index contributed by atoms with van der Waals surface area (Å²) in [6.45, 7) is 5.24. The van der Waals surface area contributed by atoms with E-state index in [1.165, 1.54) is 11.1 Å². The van der Waals surface area contributed by atoms with E-state index in [9.17, 15) is 4.79 Å². The number of cyclic esters (lactones) is 1. The smallest absolute Gasteiger partial charge is 0.414 e. The van der Waals surface area contributed by atoms with Crippen LogP contribution in [-0.2, 0) is 24.2 Å². The van der Waals surface area contributed by atoms with E-state index in [0.717, 1.165) is 25.2 Å². The molecule has 23 heavy (non-hydrogen) atoms. The van der Waals surface area contributed by atoms with Crippen LogP contribution in [0.2, 0.25) is 0 Å². The molecule has 1 saturated heterocycles. The van der Waals surface area contributed by atoms with Crippen LogP contribution in [0.15, 0.2) is 22.6 Å². The summed E-state index contributed by atoms with van der Waals surface area (Å²) in [6, 6.07) is 6.12. The van der Waals surface area contributed by atoms with E-state index in [2.05, 4.69) is 21.2 Å². The lowest BCUT2D eigenvalue weighted by Gasteiger charge is -2.30. The Kier molecular flexibility index (Phi) is 3.49. The molecule has 1 aromatic carbocycles. The summed E-state index contributed by atoms with van der Waals surface area (Å²) in [4.78, 5) is 15.8. The number of hydrogen-bond acceptors (Lipinski definition) is 6. The molecule has 2 aliphatic heterocycles. The Hall–Kier alpha value is -2.41. The van der Waals surface area contributed by atoms with Gasteiger partial charge < -0.3 is 9.15 Å². The Morgan fingerprint density at radius 2 is 2.17 bits per heavy atom. The number of carbonyl (C=O) groups excluding carboxylic acids is 1. The number of benzene rings is 1. The summed E-state index contributed by atoms with van der Waals surface area (Å²) >= 11 is 0. The van der Waals surface area contributed by atoms with Crippen molar-refractivity contribution in [1.29, 1.82) is 0 Å². The number of aryl methyl sites for hydroxylation is 1.